The van der Waals surface area contributed by atoms with Gasteiger partial charge >= 0.3 is 0 Å². The Kier molecular flexibility index (Phi) is 9.23. The first-order valence-corrected chi connectivity index (χ1v) is 13.0. The molecule has 186 valence electrons. The van der Waals surface area contributed by atoms with E-state index in [1.165, 1.54) is 12.0 Å². The van der Waals surface area contributed by atoms with Crippen LogP contribution in [0, 0.1) is 19.8 Å². The molecule has 1 heterocycles. The average Bonchev–Trinajstić information content (AvgIpc) is 3.54. The summed E-state index contributed by atoms with van der Waals surface area (Å²) >= 11 is 0. The Morgan fingerprint density at radius 3 is 2.71 bits per heavy atom. The maximum Gasteiger partial charge on any atom is 0.249 e. The molecule has 0 saturated heterocycles. The van der Waals surface area contributed by atoms with Crippen molar-refractivity contribution in [3.8, 4) is 5.75 Å². The number of methoxy groups -OCH3 is 1. The van der Waals surface area contributed by atoms with E-state index in [0.717, 1.165) is 18.4 Å². The van der Waals surface area contributed by atoms with Crippen LogP contribution in [0.25, 0.3) is 0 Å². The predicted molar refractivity (Wildman–Crippen MR) is 128 cm³/mol. The Bertz CT molecular complexity index is 1020. The van der Waals surface area contributed by atoms with E-state index in [-0.39, 0.29) is 31.4 Å². The third-order valence-corrected chi connectivity index (χ3v) is 6.32. The Balaban J connectivity index is 1.86. The molecule has 0 aliphatic heterocycles. The Morgan fingerprint density at radius 2 is 2.09 bits per heavy atom. The molecule has 10 heteroatoms. The fraction of sp³-hybridized carbons (Fsp3) is 0.542. The number of ether oxygens (including phenoxy) is 2. The number of carbonyl (C=O) groups excluding carboxylic acids is 2. The molecule has 1 aliphatic rings. The molecular weight excluding hydrogens is 458 g/mol. The number of aryl methyl sites for hydroxylation is 2. The van der Waals surface area contributed by atoms with Crippen molar-refractivity contribution in [2.45, 2.75) is 39.3 Å². The molecule has 34 heavy (non-hydrogen) atoms. The summed E-state index contributed by atoms with van der Waals surface area (Å²) in [6.45, 7) is 4.12. The molecule has 1 fully saturated rings. The highest BCUT2D eigenvalue weighted by atomic mass is 32.2. The van der Waals surface area contributed by atoms with Crippen LogP contribution in [-0.4, -0.2) is 64.7 Å². The van der Waals surface area contributed by atoms with Gasteiger partial charge in [-0.05, 0) is 44.7 Å². The lowest BCUT2D eigenvalue weighted by Gasteiger charge is -2.32. The fourth-order valence-electron chi connectivity index (χ4n) is 3.58. The van der Waals surface area contributed by atoms with Crippen molar-refractivity contribution in [3.05, 3.63) is 47.2 Å². The van der Waals surface area contributed by atoms with E-state index in [2.05, 4.69) is 10.3 Å². The first-order chi connectivity index (χ1) is 16.3. The molecule has 2 aromatic rings. The van der Waals surface area contributed by atoms with Crippen LogP contribution in [0.3, 0.4) is 0 Å². The van der Waals surface area contributed by atoms with E-state index in [1.807, 2.05) is 19.1 Å². The Hall–Kier alpha value is -2.72. The normalized spacial score (nSPS) is 14.9. The second-order valence-electron chi connectivity index (χ2n) is 8.56. The van der Waals surface area contributed by atoms with Crippen LogP contribution in [0.4, 0.5) is 0 Å². The van der Waals surface area contributed by atoms with E-state index in [4.69, 9.17) is 13.9 Å². The van der Waals surface area contributed by atoms with Gasteiger partial charge in [-0.25, -0.2) is 4.98 Å². The number of carbonyl (C=O) groups is 2. The highest BCUT2D eigenvalue weighted by Crippen LogP contribution is 2.32. The van der Waals surface area contributed by atoms with Gasteiger partial charge in [0.15, 0.2) is 0 Å². The largest absolute Gasteiger partial charge is 0.496 e. The van der Waals surface area contributed by atoms with Crippen LogP contribution in [0.2, 0.25) is 0 Å². The minimum Gasteiger partial charge on any atom is -0.496 e. The molecule has 2 amide bonds. The number of aromatic nitrogens is 1. The molecule has 0 bridgehead atoms. The monoisotopic (exact) mass is 491 g/mol. The number of hydrogen-bond donors (Lipinski definition) is 1. The van der Waals surface area contributed by atoms with Crippen molar-refractivity contribution in [2.75, 3.05) is 38.8 Å². The zero-order chi connectivity index (χ0) is 24.7. The molecule has 1 saturated carbocycles. The second-order valence-corrected chi connectivity index (χ2v) is 10.1. The van der Waals surface area contributed by atoms with Gasteiger partial charge < -0.3 is 24.1 Å². The molecular formula is C24H33N3O6S. The third-order valence-electron chi connectivity index (χ3n) is 5.56. The number of nitrogens with zero attached hydrogens (tertiary/aromatic N) is 2. The van der Waals surface area contributed by atoms with Gasteiger partial charge in [-0.3, -0.25) is 13.8 Å². The molecule has 1 aromatic carbocycles. The number of oxazole rings is 1. The summed E-state index contributed by atoms with van der Waals surface area (Å²) in [6.07, 6.45) is 5.32. The summed E-state index contributed by atoms with van der Waals surface area (Å²) in [6, 6.07) is 4.57. The molecule has 2 unspecified atom stereocenters. The Labute approximate surface area is 202 Å². The molecule has 1 aromatic heterocycles. The van der Waals surface area contributed by atoms with E-state index in [9.17, 15) is 13.8 Å². The van der Waals surface area contributed by atoms with Gasteiger partial charge in [0.2, 0.25) is 17.7 Å². The summed E-state index contributed by atoms with van der Waals surface area (Å²) in [5.74, 6) is 1.53. The number of hydrogen-bond acceptors (Lipinski definition) is 7. The average molecular weight is 492 g/mol. The van der Waals surface area contributed by atoms with E-state index >= 15 is 0 Å². The van der Waals surface area contributed by atoms with Crippen LogP contribution >= 0.6 is 0 Å². The van der Waals surface area contributed by atoms with Crippen LogP contribution < -0.4 is 10.1 Å². The number of nitrogens with one attached hydrogen (secondary N) is 1. The summed E-state index contributed by atoms with van der Waals surface area (Å²) < 4.78 is 28.4. The summed E-state index contributed by atoms with van der Waals surface area (Å²) in [4.78, 5) is 32.3. The van der Waals surface area contributed by atoms with Gasteiger partial charge in [-0.2, -0.15) is 0 Å². The van der Waals surface area contributed by atoms with Crippen molar-refractivity contribution in [3.63, 3.8) is 0 Å². The molecule has 0 spiro atoms. The van der Waals surface area contributed by atoms with E-state index in [0.29, 0.717) is 35.4 Å². The minimum absolute atomic E-state index is 0.0272. The lowest BCUT2D eigenvalue weighted by atomic mass is 10.00. The molecule has 2 atom stereocenters. The molecule has 3 rings (SSSR count). The lowest BCUT2D eigenvalue weighted by molar-refractivity contribution is -0.144. The third kappa shape index (κ3) is 7.39. The molecule has 9 nitrogen and oxygen atoms in total. The zero-order valence-corrected chi connectivity index (χ0v) is 21.0. The maximum atomic E-state index is 13.4. The smallest absolute Gasteiger partial charge is 0.249 e. The predicted octanol–water partition coefficient (Wildman–Crippen LogP) is 2.29. The van der Waals surface area contributed by atoms with E-state index in [1.54, 1.807) is 25.4 Å². The first kappa shape index (κ1) is 25.9. The van der Waals surface area contributed by atoms with Gasteiger partial charge in [0.25, 0.3) is 0 Å². The van der Waals surface area contributed by atoms with Crippen molar-refractivity contribution in [2.24, 2.45) is 5.92 Å². The van der Waals surface area contributed by atoms with Gasteiger partial charge in [-0.1, -0.05) is 11.6 Å². The highest BCUT2D eigenvalue weighted by molar-refractivity contribution is 7.84. The van der Waals surface area contributed by atoms with Gasteiger partial charge in [0.05, 0.1) is 13.3 Å². The van der Waals surface area contributed by atoms with Crippen molar-refractivity contribution >= 4 is 22.6 Å². The molecule has 0 radical (unpaired) electrons. The number of rotatable bonds is 13. The van der Waals surface area contributed by atoms with Crippen molar-refractivity contribution < 1.29 is 27.7 Å². The number of amides is 2. The van der Waals surface area contributed by atoms with Crippen molar-refractivity contribution in [1.82, 2.24) is 15.2 Å². The topological polar surface area (TPSA) is 111 Å². The first-order valence-electron chi connectivity index (χ1n) is 11.3. The van der Waals surface area contributed by atoms with Crippen molar-refractivity contribution in [1.29, 1.82) is 0 Å². The standard InChI is InChI=1S/C24H33N3O6S/c1-16-5-8-20(31-3)19(11-16)23(24(29)26-13-18-6-7-18)27(9-10-34(4)30)22(28)15-32-14-21-25-12-17(2)33-21/h5,8,11-12,18,23H,6-7,9-10,13-15H2,1-4H3,(H,26,29). The van der Waals surface area contributed by atoms with Gasteiger partial charge in [-0.15, -0.1) is 0 Å². The summed E-state index contributed by atoms with van der Waals surface area (Å²) in [5.41, 5.74) is 1.51. The quantitative estimate of drug-likeness (QED) is 0.458. The van der Waals surface area contributed by atoms with E-state index < -0.39 is 22.7 Å². The molecule has 1 aliphatic carbocycles. The SMILES string of the molecule is COc1ccc(C)cc1C(C(=O)NCC1CC1)N(CCS(C)=O)C(=O)COCc1ncc(C)o1. The van der Waals surface area contributed by atoms with Gasteiger partial charge in [0, 0.05) is 41.5 Å². The Morgan fingerprint density at radius 1 is 1.32 bits per heavy atom. The van der Waals surface area contributed by atoms with Crippen LogP contribution in [0.5, 0.6) is 5.75 Å². The van der Waals surface area contributed by atoms with Crippen LogP contribution in [0.1, 0.15) is 41.7 Å². The summed E-state index contributed by atoms with van der Waals surface area (Å²) in [5, 5.41) is 2.99. The van der Waals surface area contributed by atoms with Crippen LogP contribution in [0.15, 0.2) is 28.8 Å². The maximum absolute atomic E-state index is 13.4. The second kappa shape index (κ2) is 12.1. The summed E-state index contributed by atoms with van der Waals surface area (Å²) in [7, 11) is 0.373. The van der Waals surface area contributed by atoms with Crippen LogP contribution in [-0.2, 0) is 31.7 Å². The van der Waals surface area contributed by atoms with Gasteiger partial charge in [0.1, 0.15) is 30.8 Å². The minimum atomic E-state index is -1.16. The fourth-order valence-corrected chi connectivity index (χ4v) is 4.04. The highest BCUT2D eigenvalue weighted by Gasteiger charge is 2.34. The zero-order valence-electron chi connectivity index (χ0n) is 20.2. The lowest BCUT2D eigenvalue weighted by Crippen LogP contribution is -2.47. The molecule has 1 N–H and O–H groups in total. The number of benzene rings is 1.